The molecule has 0 saturated carbocycles. The quantitative estimate of drug-likeness (QED) is 0.771. The van der Waals surface area contributed by atoms with E-state index in [1.807, 2.05) is 11.8 Å². The van der Waals surface area contributed by atoms with E-state index < -0.39 is 0 Å². The van der Waals surface area contributed by atoms with Gasteiger partial charge in [-0.05, 0) is 39.1 Å². The normalized spacial score (nSPS) is 27.2. The van der Waals surface area contributed by atoms with Gasteiger partial charge in [-0.1, -0.05) is 6.92 Å². The van der Waals surface area contributed by atoms with Crippen LogP contribution in [-0.2, 0) is 0 Å². The van der Waals surface area contributed by atoms with Crippen LogP contribution in [0.15, 0.2) is 0 Å². The van der Waals surface area contributed by atoms with E-state index in [1.54, 1.807) is 0 Å². The maximum atomic E-state index is 3.61. The molecule has 1 aliphatic rings. The predicted molar refractivity (Wildman–Crippen MR) is 66.1 cm³/mol. The lowest BCUT2D eigenvalue weighted by molar-refractivity contribution is 0.219. The first-order chi connectivity index (χ1) is 6.77. The third-order valence-corrected chi connectivity index (χ3v) is 3.85. The van der Waals surface area contributed by atoms with Crippen LogP contribution in [0.1, 0.15) is 26.7 Å². The van der Waals surface area contributed by atoms with E-state index in [1.165, 1.54) is 38.2 Å². The third-order valence-electron chi connectivity index (χ3n) is 3.03. The van der Waals surface area contributed by atoms with Crippen molar-refractivity contribution in [3.63, 3.8) is 0 Å². The average Bonchev–Trinajstić information content (AvgIpc) is 2.43. The van der Waals surface area contributed by atoms with Crippen molar-refractivity contribution in [3.05, 3.63) is 0 Å². The van der Waals surface area contributed by atoms with Crippen molar-refractivity contribution in [2.45, 2.75) is 38.8 Å². The molecule has 2 unspecified atom stereocenters. The standard InChI is InChI=1S/C11H24N2S/c1-4-11-8-13(7-5-6-12-11)10(2)9-14-3/h10-12H,4-9H2,1-3H3. The van der Waals surface area contributed by atoms with E-state index in [4.69, 9.17) is 0 Å². The summed E-state index contributed by atoms with van der Waals surface area (Å²) in [5, 5.41) is 3.61. The van der Waals surface area contributed by atoms with E-state index in [0.29, 0.717) is 6.04 Å². The molecular weight excluding hydrogens is 192 g/mol. The maximum absolute atomic E-state index is 3.61. The van der Waals surface area contributed by atoms with Gasteiger partial charge >= 0.3 is 0 Å². The molecule has 1 rings (SSSR count). The molecule has 0 aliphatic carbocycles. The summed E-state index contributed by atoms with van der Waals surface area (Å²) >= 11 is 1.96. The van der Waals surface area contributed by atoms with E-state index in [9.17, 15) is 0 Å². The molecule has 1 aliphatic heterocycles. The summed E-state index contributed by atoms with van der Waals surface area (Å²) in [5.74, 6) is 1.26. The van der Waals surface area contributed by atoms with Crippen LogP contribution in [0.4, 0.5) is 0 Å². The van der Waals surface area contributed by atoms with Crippen LogP contribution in [-0.4, -0.2) is 48.6 Å². The Hall–Kier alpha value is 0.270. The fourth-order valence-corrected chi connectivity index (χ4v) is 2.74. The Labute approximate surface area is 92.8 Å². The third kappa shape index (κ3) is 3.79. The van der Waals surface area contributed by atoms with Crippen molar-refractivity contribution in [1.82, 2.24) is 10.2 Å². The van der Waals surface area contributed by atoms with Gasteiger partial charge in [0.1, 0.15) is 0 Å². The Morgan fingerprint density at radius 1 is 1.57 bits per heavy atom. The summed E-state index contributed by atoms with van der Waals surface area (Å²) in [6.45, 7) is 8.33. The first kappa shape index (κ1) is 12.3. The molecule has 1 N–H and O–H groups in total. The van der Waals surface area contributed by atoms with Crippen molar-refractivity contribution < 1.29 is 0 Å². The van der Waals surface area contributed by atoms with Crippen LogP contribution in [0.3, 0.4) is 0 Å². The number of thioether (sulfide) groups is 1. The summed E-state index contributed by atoms with van der Waals surface area (Å²) in [5.41, 5.74) is 0. The molecule has 2 nitrogen and oxygen atoms in total. The second-order valence-electron chi connectivity index (χ2n) is 4.21. The van der Waals surface area contributed by atoms with E-state index in [0.717, 1.165) is 6.04 Å². The van der Waals surface area contributed by atoms with Gasteiger partial charge < -0.3 is 5.32 Å². The molecule has 0 spiro atoms. The highest BCUT2D eigenvalue weighted by Gasteiger charge is 2.19. The van der Waals surface area contributed by atoms with Gasteiger partial charge in [0, 0.05) is 24.4 Å². The van der Waals surface area contributed by atoms with Crippen LogP contribution >= 0.6 is 11.8 Å². The van der Waals surface area contributed by atoms with Crippen LogP contribution in [0, 0.1) is 0 Å². The van der Waals surface area contributed by atoms with Crippen LogP contribution in [0.25, 0.3) is 0 Å². The smallest absolute Gasteiger partial charge is 0.0192 e. The van der Waals surface area contributed by atoms with E-state index >= 15 is 0 Å². The van der Waals surface area contributed by atoms with Crippen molar-refractivity contribution in [2.75, 3.05) is 31.6 Å². The van der Waals surface area contributed by atoms with Crippen LogP contribution in [0.2, 0.25) is 0 Å². The SMILES string of the molecule is CCC1CN(C(C)CSC)CCCN1. The molecule has 0 aromatic rings. The Kier molecular flexibility index (Phi) is 5.90. The van der Waals surface area contributed by atoms with Gasteiger partial charge in [0.2, 0.25) is 0 Å². The summed E-state index contributed by atoms with van der Waals surface area (Å²) in [6.07, 6.45) is 4.75. The molecule has 0 amide bonds. The molecule has 2 atom stereocenters. The van der Waals surface area contributed by atoms with Crippen molar-refractivity contribution in [1.29, 1.82) is 0 Å². The topological polar surface area (TPSA) is 15.3 Å². The number of rotatable bonds is 4. The summed E-state index contributed by atoms with van der Waals surface area (Å²) in [6, 6.07) is 1.45. The fraction of sp³-hybridized carbons (Fsp3) is 1.00. The summed E-state index contributed by atoms with van der Waals surface area (Å²) < 4.78 is 0. The fourth-order valence-electron chi connectivity index (χ4n) is 2.05. The zero-order valence-corrected chi connectivity index (χ0v) is 10.6. The van der Waals surface area contributed by atoms with E-state index in [-0.39, 0.29) is 0 Å². The minimum Gasteiger partial charge on any atom is -0.313 e. The molecule has 0 radical (unpaired) electrons. The lowest BCUT2D eigenvalue weighted by Gasteiger charge is -2.29. The Morgan fingerprint density at radius 2 is 2.36 bits per heavy atom. The van der Waals surface area contributed by atoms with Gasteiger partial charge in [-0.2, -0.15) is 11.8 Å². The van der Waals surface area contributed by atoms with Gasteiger partial charge in [-0.3, -0.25) is 4.90 Å². The van der Waals surface area contributed by atoms with Gasteiger partial charge in [0.05, 0.1) is 0 Å². The van der Waals surface area contributed by atoms with Crippen LogP contribution in [0.5, 0.6) is 0 Å². The number of hydrogen-bond acceptors (Lipinski definition) is 3. The zero-order valence-electron chi connectivity index (χ0n) is 9.75. The molecule has 0 aromatic heterocycles. The minimum atomic E-state index is 0.710. The Balaban J connectivity index is 2.41. The lowest BCUT2D eigenvalue weighted by atomic mass is 10.2. The predicted octanol–water partition coefficient (Wildman–Crippen LogP) is 1.81. The monoisotopic (exact) mass is 216 g/mol. The molecule has 3 heteroatoms. The highest BCUT2D eigenvalue weighted by molar-refractivity contribution is 7.98. The number of nitrogens with zero attached hydrogens (tertiary/aromatic N) is 1. The second kappa shape index (κ2) is 6.70. The molecule has 1 heterocycles. The molecule has 1 fully saturated rings. The summed E-state index contributed by atoms with van der Waals surface area (Å²) in [4.78, 5) is 2.64. The van der Waals surface area contributed by atoms with Gasteiger partial charge in [0.25, 0.3) is 0 Å². The highest BCUT2D eigenvalue weighted by Crippen LogP contribution is 2.10. The first-order valence-electron chi connectivity index (χ1n) is 5.74. The van der Waals surface area contributed by atoms with Crippen molar-refractivity contribution in [3.8, 4) is 0 Å². The van der Waals surface area contributed by atoms with Gasteiger partial charge in [-0.25, -0.2) is 0 Å². The lowest BCUT2D eigenvalue weighted by Crippen LogP contribution is -2.42. The Bertz CT molecular complexity index is 152. The molecule has 0 bridgehead atoms. The maximum Gasteiger partial charge on any atom is 0.0192 e. The van der Waals surface area contributed by atoms with Crippen LogP contribution < -0.4 is 5.32 Å². The largest absolute Gasteiger partial charge is 0.313 e. The highest BCUT2D eigenvalue weighted by atomic mass is 32.2. The molecule has 14 heavy (non-hydrogen) atoms. The molecular formula is C11H24N2S. The molecule has 84 valence electrons. The van der Waals surface area contributed by atoms with E-state index in [2.05, 4.69) is 30.3 Å². The van der Waals surface area contributed by atoms with Crippen molar-refractivity contribution >= 4 is 11.8 Å². The average molecular weight is 216 g/mol. The van der Waals surface area contributed by atoms with Gasteiger partial charge in [0.15, 0.2) is 0 Å². The zero-order chi connectivity index (χ0) is 10.4. The molecule has 0 aromatic carbocycles. The Morgan fingerprint density at radius 3 is 3.00 bits per heavy atom. The minimum absolute atomic E-state index is 0.710. The number of nitrogens with one attached hydrogen (secondary N) is 1. The number of hydrogen-bond donors (Lipinski definition) is 1. The summed E-state index contributed by atoms with van der Waals surface area (Å²) in [7, 11) is 0. The second-order valence-corrected chi connectivity index (χ2v) is 5.12. The first-order valence-corrected chi connectivity index (χ1v) is 7.13. The van der Waals surface area contributed by atoms with Crippen molar-refractivity contribution in [2.24, 2.45) is 0 Å². The van der Waals surface area contributed by atoms with Gasteiger partial charge in [-0.15, -0.1) is 0 Å². The molecule has 1 saturated heterocycles.